The number of nitrogens with zero attached hydrogens (tertiary/aromatic N) is 7. The van der Waals surface area contributed by atoms with Crippen molar-refractivity contribution in [2.24, 2.45) is 0 Å². The van der Waals surface area contributed by atoms with Gasteiger partial charge in [0.05, 0.1) is 35.9 Å². The number of pyridine rings is 2. The van der Waals surface area contributed by atoms with E-state index in [-0.39, 0.29) is 6.04 Å². The molecule has 0 saturated carbocycles. The maximum atomic E-state index is 6.07. The lowest BCUT2D eigenvalue weighted by Crippen LogP contribution is -2.36. The largest absolute Gasteiger partial charge is 0.481 e. The first-order valence-electron chi connectivity index (χ1n) is 10.3. The molecular formula is C22H20N8O2. The summed E-state index contributed by atoms with van der Waals surface area (Å²) in [7, 11) is 1.58. The number of hydrogen-bond donors (Lipinski definition) is 1. The summed E-state index contributed by atoms with van der Waals surface area (Å²) in [6.07, 6.45) is 6.12. The SMILES string of the molecule is COc1ccc(-c2nnc(N3CCc4[nH]cnc4C3c3cc4c(C)cccn4n3)o2)cn1. The third kappa shape index (κ3) is 2.91. The number of ether oxygens (including phenoxy) is 1. The Morgan fingerprint density at radius 2 is 2.12 bits per heavy atom. The summed E-state index contributed by atoms with van der Waals surface area (Å²) in [6, 6.07) is 9.94. The van der Waals surface area contributed by atoms with E-state index in [0.717, 1.165) is 40.1 Å². The van der Waals surface area contributed by atoms with Crippen molar-refractivity contribution < 1.29 is 9.15 Å². The number of aromatic amines is 1. The zero-order valence-corrected chi connectivity index (χ0v) is 17.6. The second-order valence-corrected chi connectivity index (χ2v) is 7.68. The fraction of sp³-hybridized carbons (Fsp3) is 0.227. The first-order valence-corrected chi connectivity index (χ1v) is 10.3. The lowest BCUT2D eigenvalue weighted by molar-refractivity contribution is 0.398. The zero-order chi connectivity index (χ0) is 21.7. The average molecular weight is 428 g/mol. The number of aryl methyl sites for hydroxylation is 1. The molecule has 160 valence electrons. The number of rotatable bonds is 4. The van der Waals surface area contributed by atoms with E-state index in [1.807, 2.05) is 22.8 Å². The van der Waals surface area contributed by atoms with Crippen molar-refractivity contribution in [3.05, 3.63) is 71.7 Å². The maximum Gasteiger partial charge on any atom is 0.319 e. The van der Waals surface area contributed by atoms with Crippen LogP contribution >= 0.6 is 0 Å². The van der Waals surface area contributed by atoms with E-state index in [4.69, 9.17) is 14.3 Å². The number of nitrogens with one attached hydrogen (secondary N) is 1. The van der Waals surface area contributed by atoms with Crippen LogP contribution in [0.5, 0.6) is 5.88 Å². The van der Waals surface area contributed by atoms with Crippen LogP contribution in [0.1, 0.15) is 28.7 Å². The third-order valence-electron chi connectivity index (χ3n) is 5.79. The van der Waals surface area contributed by atoms with Crippen molar-refractivity contribution >= 4 is 11.5 Å². The summed E-state index contributed by atoms with van der Waals surface area (Å²) in [5.74, 6) is 0.922. The molecule has 0 radical (unpaired) electrons. The van der Waals surface area contributed by atoms with Gasteiger partial charge in [0, 0.05) is 37.1 Å². The van der Waals surface area contributed by atoms with Crippen molar-refractivity contribution in [1.29, 1.82) is 0 Å². The minimum Gasteiger partial charge on any atom is -0.481 e. The van der Waals surface area contributed by atoms with Crippen LogP contribution in [0.3, 0.4) is 0 Å². The second-order valence-electron chi connectivity index (χ2n) is 7.68. The highest BCUT2D eigenvalue weighted by Gasteiger charge is 2.36. The van der Waals surface area contributed by atoms with E-state index in [1.165, 1.54) is 0 Å². The van der Waals surface area contributed by atoms with Gasteiger partial charge in [0.15, 0.2) is 0 Å². The van der Waals surface area contributed by atoms with Crippen molar-refractivity contribution in [2.45, 2.75) is 19.4 Å². The number of anilines is 1. The number of aromatic nitrogens is 7. The van der Waals surface area contributed by atoms with Gasteiger partial charge in [-0.15, -0.1) is 5.10 Å². The molecule has 5 aromatic heterocycles. The zero-order valence-electron chi connectivity index (χ0n) is 17.6. The molecule has 6 heterocycles. The van der Waals surface area contributed by atoms with Gasteiger partial charge in [-0.3, -0.25) is 0 Å². The van der Waals surface area contributed by atoms with Crippen LogP contribution < -0.4 is 9.64 Å². The normalized spacial score (nSPS) is 15.8. The van der Waals surface area contributed by atoms with Crippen molar-refractivity contribution in [3.8, 4) is 17.3 Å². The van der Waals surface area contributed by atoms with E-state index in [2.05, 4.69) is 49.1 Å². The second kappa shape index (κ2) is 7.19. The molecule has 0 aromatic carbocycles. The van der Waals surface area contributed by atoms with Crippen LogP contribution in [0.25, 0.3) is 17.0 Å². The molecule has 6 rings (SSSR count). The smallest absolute Gasteiger partial charge is 0.319 e. The average Bonchev–Trinajstić information content (AvgIpc) is 3.57. The molecule has 0 bridgehead atoms. The van der Waals surface area contributed by atoms with Gasteiger partial charge in [0.25, 0.3) is 5.89 Å². The summed E-state index contributed by atoms with van der Waals surface area (Å²) >= 11 is 0. The van der Waals surface area contributed by atoms with Gasteiger partial charge >= 0.3 is 6.01 Å². The van der Waals surface area contributed by atoms with Crippen LogP contribution in [0, 0.1) is 6.92 Å². The molecular weight excluding hydrogens is 408 g/mol. The topological polar surface area (TPSA) is 110 Å². The molecule has 0 fully saturated rings. The van der Waals surface area contributed by atoms with Crippen molar-refractivity contribution in [3.63, 3.8) is 0 Å². The molecule has 10 heteroatoms. The highest BCUT2D eigenvalue weighted by atomic mass is 16.5. The Kier molecular flexibility index (Phi) is 4.17. The summed E-state index contributed by atoms with van der Waals surface area (Å²) in [6.45, 7) is 2.77. The monoisotopic (exact) mass is 428 g/mol. The van der Waals surface area contributed by atoms with Gasteiger partial charge in [0.1, 0.15) is 6.04 Å². The van der Waals surface area contributed by atoms with Gasteiger partial charge in [-0.25, -0.2) is 14.5 Å². The lowest BCUT2D eigenvalue weighted by Gasteiger charge is -2.32. The van der Waals surface area contributed by atoms with E-state index in [0.29, 0.717) is 24.3 Å². The standard InChI is InChI=1S/C22H20N8O2/c1-13-4-3-8-30-17(13)10-16(28-30)20-19-15(24-12-25-19)7-9-29(20)22-27-26-21(32-22)14-5-6-18(31-2)23-11-14/h3-6,8,10-12,20H,7,9H2,1-2H3,(H,24,25). The number of imidazole rings is 1. The highest BCUT2D eigenvalue weighted by molar-refractivity contribution is 5.57. The molecule has 1 aliphatic rings. The minimum absolute atomic E-state index is 0.244. The molecule has 1 N–H and O–H groups in total. The van der Waals surface area contributed by atoms with E-state index in [9.17, 15) is 0 Å². The summed E-state index contributed by atoms with van der Waals surface area (Å²) < 4.78 is 13.1. The molecule has 0 saturated heterocycles. The highest BCUT2D eigenvalue weighted by Crippen LogP contribution is 2.37. The van der Waals surface area contributed by atoms with Crippen molar-refractivity contribution in [2.75, 3.05) is 18.6 Å². The Hall–Kier alpha value is -4.21. The van der Waals surface area contributed by atoms with E-state index in [1.54, 1.807) is 25.7 Å². The van der Waals surface area contributed by atoms with E-state index >= 15 is 0 Å². The minimum atomic E-state index is -0.244. The van der Waals surface area contributed by atoms with Crippen LogP contribution in [-0.4, -0.2) is 48.4 Å². The van der Waals surface area contributed by atoms with Crippen LogP contribution in [-0.2, 0) is 6.42 Å². The van der Waals surface area contributed by atoms with Gasteiger partial charge in [-0.1, -0.05) is 11.2 Å². The molecule has 5 aromatic rings. The van der Waals surface area contributed by atoms with Crippen LogP contribution in [0.4, 0.5) is 6.01 Å². The number of fused-ring (bicyclic) bond motifs is 2. The first-order chi connectivity index (χ1) is 15.7. The molecule has 1 atom stereocenters. The molecule has 32 heavy (non-hydrogen) atoms. The number of methoxy groups -OCH3 is 1. The molecule has 0 amide bonds. The van der Waals surface area contributed by atoms with Gasteiger partial charge in [0.2, 0.25) is 5.88 Å². The fourth-order valence-electron chi connectivity index (χ4n) is 4.17. The van der Waals surface area contributed by atoms with Gasteiger partial charge in [-0.05, 0) is 30.7 Å². The van der Waals surface area contributed by atoms with Crippen LogP contribution in [0.2, 0.25) is 0 Å². The predicted octanol–water partition coefficient (Wildman–Crippen LogP) is 2.97. The Balaban J connectivity index is 1.42. The quantitative estimate of drug-likeness (QED) is 0.465. The Bertz CT molecular complexity index is 1400. The Morgan fingerprint density at radius 3 is 2.94 bits per heavy atom. The summed E-state index contributed by atoms with van der Waals surface area (Å²) in [5.41, 5.74) is 5.83. The number of H-pyrrole nitrogens is 1. The number of hydrogen-bond acceptors (Lipinski definition) is 8. The predicted molar refractivity (Wildman–Crippen MR) is 115 cm³/mol. The third-order valence-corrected chi connectivity index (χ3v) is 5.79. The fourth-order valence-corrected chi connectivity index (χ4v) is 4.17. The van der Waals surface area contributed by atoms with Crippen molar-refractivity contribution in [1.82, 2.24) is 34.8 Å². The first kappa shape index (κ1) is 18.6. The van der Waals surface area contributed by atoms with Gasteiger partial charge < -0.3 is 19.0 Å². The Morgan fingerprint density at radius 1 is 1.19 bits per heavy atom. The molecule has 0 spiro atoms. The summed E-state index contributed by atoms with van der Waals surface area (Å²) in [4.78, 5) is 14.1. The molecule has 10 nitrogen and oxygen atoms in total. The Labute approximate surface area is 182 Å². The maximum absolute atomic E-state index is 6.07. The lowest BCUT2D eigenvalue weighted by atomic mass is 10.00. The molecule has 0 aliphatic carbocycles. The van der Waals surface area contributed by atoms with E-state index < -0.39 is 0 Å². The van der Waals surface area contributed by atoms with Gasteiger partial charge in [-0.2, -0.15) is 5.10 Å². The summed E-state index contributed by atoms with van der Waals surface area (Å²) in [5, 5.41) is 13.4. The van der Waals surface area contributed by atoms with Crippen LogP contribution in [0.15, 0.2) is 53.5 Å². The molecule has 1 aliphatic heterocycles. The molecule has 1 unspecified atom stereocenters.